The van der Waals surface area contributed by atoms with Crippen molar-refractivity contribution in [2.45, 2.75) is 0 Å². The van der Waals surface area contributed by atoms with E-state index in [0.717, 1.165) is 6.54 Å². The van der Waals surface area contributed by atoms with Gasteiger partial charge in [0.15, 0.2) is 0 Å². The van der Waals surface area contributed by atoms with Gasteiger partial charge in [-0.15, -0.1) is 0 Å². The molecule has 2 amide bonds. The largest absolute Gasteiger partial charge is 0.382 e. The number of ether oxygens (including phenoxy) is 3. The molecule has 0 radical (unpaired) electrons. The minimum Gasteiger partial charge on any atom is -0.382 e. The van der Waals surface area contributed by atoms with Crippen LogP contribution >= 0.6 is 0 Å². The Bertz CT molecular complexity index is 181. The van der Waals surface area contributed by atoms with Crippen LogP contribution in [-0.2, 0) is 14.2 Å². The van der Waals surface area contributed by atoms with E-state index in [1.165, 1.54) is 0 Å². The Balaban J connectivity index is 2.91. The first kappa shape index (κ1) is 16.1. The van der Waals surface area contributed by atoms with E-state index < -0.39 is 6.03 Å². The quantitative estimate of drug-likeness (QED) is 0.383. The highest BCUT2D eigenvalue weighted by molar-refractivity contribution is 5.71. The van der Waals surface area contributed by atoms with Gasteiger partial charge in [-0.25, -0.2) is 4.79 Å². The zero-order valence-corrected chi connectivity index (χ0v) is 10.4. The Hall–Kier alpha value is -0.890. The van der Waals surface area contributed by atoms with Gasteiger partial charge in [-0.1, -0.05) is 0 Å². The second-order valence-corrected chi connectivity index (χ2v) is 3.26. The Morgan fingerprint density at radius 3 is 2.29 bits per heavy atom. The normalized spacial score (nSPS) is 10.4. The monoisotopic (exact) mass is 249 g/mol. The van der Waals surface area contributed by atoms with Gasteiger partial charge in [-0.05, 0) is 0 Å². The molecule has 0 aliphatic carbocycles. The van der Waals surface area contributed by atoms with Crippen molar-refractivity contribution in [3.05, 3.63) is 0 Å². The third kappa shape index (κ3) is 15.1. The van der Waals surface area contributed by atoms with Crippen LogP contribution < -0.4 is 16.4 Å². The topological polar surface area (TPSA) is 94.8 Å². The standard InChI is InChI=1S/C10H23N3O4/c1-15-6-7-17-9-8-16-5-4-12-2-3-13-10(11)14/h12H,2-9H2,1H3,(H3,11,13,14). The number of amides is 2. The second-order valence-electron chi connectivity index (χ2n) is 3.26. The highest BCUT2D eigenvalue weighted by Gasteiger charge is 1.92. The van der Waals surface area contributed by atoms with E-state index in [-0.39, 0.29) is 0 Å². The van der Waals surface area contributed by atoms with Crippen molar-refractivity contribution in [2.75, 3.05) is 59.8 Å². The first-order valence-corrected chi connectivity index (χ1v) is 5.66. The molecule has 0 aromatic carbocycles. The van der Waals surface area contributed by atoms with E-state index in [4.69, 9.17) is 19.9 Å². The first-order valence-electron chi connectivity index (χ1n) is 5.66. The average Bonchev–Trinajstić information content (AvgIpc) is 2.30. The van der Waals surface area contributed by atoms with Crippen LogP contribution in [-0.4, -0.2) is 65.8 Å². The third-order valence-electron chi connectivity index (χ3n) is 1.83. The number of nitrogens with one attached hydrogen (secondary N) is 2. The van der Waals surface area contributed by atoms with Crippen molar-refractivity contribution in [3.63, 3.8) is 0 Å². The molecule has 7 heteroatoms. The summed E-state index contributed by atoms with van der Waals surface area (Å²) in [7, 11) is 1.64. The summed E-state index contributed by atoms with van der Waals surface area (Å²) >= 11 is 0. The number of rotatable bonds is 12. The molecule has 17 heavy (non-hydrogen) atoms. The van der Waals surface area contributed by atoms with Gasteiger partial charge in [0.1, 0.15) is 0 Å². The van der Waals surface area contributed by atoms with Gasteiger partial charge >= 0.3 is 6.03 Å². The second kappa shape index (κ2) is 13.2. The van der Waals surface area contributed by atoms with Gasteiger partial charge < -0.3 is 30.6 Å². The summed E-state index contributed by atoms with van der Waals surface area (Å²) in [6, 6.07) is -0.503. The smallest absolute Gasteiger partial charge is 0.312 e. The summed E-state index contributed by atoms with van der Waals surface area (Å²) in [6.07, 6.45) is 0. The highest BCUT2D eigenvalue weighted by atomic mass is 16.5. The summed E-state index contributed by atoms with van der Waals surface area (Å²) in [5.74, 6) is 0. The van der Waals surface area contributed by atoms with Crippen molar-refractivity contribution in [1.82, 2.24) is 10.6 Å². The van der Waals surface area contributed by atoms with E-state index in [1.54, 1.807) is 7.11 Å². The maximum absolute atomic E-state index is 10.3. The number of carbonyl (C=O) groups is 1. The molecule has 0 rings (SSSR count). The van der Waals surface area contributed by atoms with E-state index in [0.29, 0.717) is 46.1 Å². The molecule has 0 atom stereocenters. The van der Waals surface area contributed by atoms with Crippen LogP contribution in [0.5, 0.6) is 0 Å². The molecular formula is C10H23N3O4. The predicted molar refractivity (Wildman–Crippen MR) is 64.0 cm³/mol. The molecule has 0 aliphatic rings. The van der Waals surface area contributed by atoms with Crippen LogP contribution in [0.25, 0.3) is 0 Å². The van der Waals surface area contributed by atoms with Crippen LogP contribution in [0.3, 0.4) is 0 Å². The SMILES string of the molecule is COCCOCCOCCNCCNC(N)=O. The molecule has 102 valence electrons. The molecule has 0 aliphatic heterocycles. The third-order valence-corrected chi connectivity index (χ3v) is 1.83. The fraction of sp³-hybridized carbons (Fsp3) is 0.900. The van der Waals surface area contributed by atoms with Crippen molar-refractivity contribution in [2.24, 2.45) is 5.73 Å². The van der Waals surface area contributed by atoms with E-state index in [9.17, 15) is 4.79 Å². The maximum Gasteiger partial charge on any atom is 0.312 e. The fourth-order valence-electron chi connectivity index (χ4n) is 1.01. The van der Waals surface area contributed by atoms with Gasteiger partial charge in [0, 0.05) is 26.7 Å². The van der Waals surface area contributed by atoms with Crippen LogP contribution in [0, 0.1) is 0 Å². The van der Waals surface area contributed by atoms with Crippen molar-refractivity contribution in [1.29, 1.82) is 0 Å². The molecule has 0 heterocycles. The molecule has 4 N–H and O–H groups in total. The number of primary amides is 1. The molecule has 0 aromatic rings. The number of urea groups is 1. The fourth-order valence-corrected chi connectivity index (χ4v) is 1.01. The Morgan fingerprint density at radius 2 is 1.65 bits per heavy atom. The van der Waals surface area contributed by atoms with Gasteiger partial charge in [0.25, 0.3) is 0 Å². The van der Waals surface area contributed by atoms with Crippen molar-refractivity contribution < 1.29 is 19.0 Å². The molecule has 0 bridgehead atoms. The Kier molecular flexibility index (Phi) is 12.5. The predicted octanol–water partition coefficient (Wildman–Crippen LogP) is -1.08. The van der Waals surface area contributed by atoms with Crippen molar-refractivity contribution >= 4 is 6.03 Å². The lowest BCUT2D eigenvalue weighted by Crippen LogP contribution is -2.36. The average molecular weight is 249 g/mol. The molecule has 0 fully saturated rings. The number of methoxy groups -OCH3 is 1. The molecule has 0 saturated heterocycles. The lowest BCUT2D eigenvalue weighted by Gasteiger charge is -2.07. The summed E-state index contributed by atoms with van der Waals surface area (Å²) in [5, 5.41) is 5.58. The van der Waals surface area contributed by atoms with Gasteiger partial charge in [0.05, 0.1) is 33.0 Å². The number of carbonyl (C=O) groups excluding carboxylic acids is 1. The van der Waals surface area contributed by atoms with Gasteiger partial charge in [0.2, 0.25) is 0 Å². The lowest BCUT2D eigenvalue weighted by molar-refractivity contribution is 0.0256. The van der Waals surface area contributed by atoms with E-state index in [2.05, 4.69) is 10.6 Å². The summed E-state index contributed by atoms with van der Waals surface area (Å²) in [6.45, 7) is 4.90. The van der Waals surface area contributed by atoms with Gasteiger partial charge in [-0.3, -0.25) is 0 Å². The lowest BCUT2D eigenvalue weighted by atomic mass is 10.5. The van der Waals surface area contributed by atoms with Gasteiger partial charge in [-0.2, -0.15) is 0 Å². The molecule has 7 nitrogen and oxygen atoms in total. The minimum atomic E-state index is -0.503. The molecule has 0 saturated carbocycles. The molecule has 0 spiro atoms. The highest BCUT2D eigenvalue weighted by Crippen LogP contribution is 1.79. The zero-order chi connectivity index (χ0) is 12.8. The van der Waals surface area contributed by atoms with E-state index in [1.807, 2.05) is 0 Å². The number of hydrogen-bond donors (Lipinski definition) is 3. The number of nitrogens with two attached hydrogens (primary N) is 1. The molecular weight excluding hydrogens is 226 g/mol. The van der Waals surface area contributed by atoms with Crippen LogP contribution in [0.4, 0.5) is 4.79 Å². The maximum atomic E-state index is 10.3. The molecule has 0 unspecified atom stereocenters. The molecule has 0 aromatic heterocycles. The first-order chi connectivity index (χ1) is 8.27. The van der Waals surface area contributed by atoms with Crippen molar-refractivity contribution in [3.8, 4) is 0 Å². The Labute approximate surface area is 102 Å². The van der Waals surface area contributed by atoms with Crippen LogP contribution in [0.2, 0.25) is 0 Å². The Morgan fingerprint density at radius 1 is 1.00 bits per heavy atom. The minimum absolute atomic E-state index is 0.503. The summed E-state index contributed by atoms with van der Waals surface area (Å²) in [4.78, 5) is 10.3. The summed E-state index contributed by atoms with van der Waals surface area (Å²) in [5.41, 5.74) is 4.90. The van der Waals surface area contributed by atoms with Crippen LogP contribution in [0.15, 0.2) is 0 Å². The number of hydrogen-bond acceptors (Lipinski definition) is 5. The van der Waals surface area contributed by atoms with Crippen LogP contribution in [0.1, 0.15) is 0 Å². The zero-order valence-electron chi connectivity index (χ0n) is 10.4. The summed E-state index contributed by atoms with van der Waals surface area (Å²) < 4.78 is 15.3. The van der Waals surface area contributed by atoms with E-state index >= 15 is 0 Å².